The number of nitrogens with one attached hydrogen (secondary N) is 2. The second-order valence-corrected chi connectivity index (χ2v) is 10.8. The summed E-state index contributed by atoms with van der Waals surface area (Å²) < 4.78 is 0. The Morgan fingerprint density at radius 2 is 1.91 bits per heavy atom. The first-order valence-electron chi connectivity index (χ1n) is 12.7. The van der Waals surface area contributed by atoms with Crippen LogP contribution in [0.15, 0.2) is 29.6 Å². The minimum absolute atomic E-state index is 0.125. The zero-order chi connectivity index (χ0) is 23.9. The molecule has 184 valence electrons. The molecule has 1 amide bonds. The van der Waals surface area contributed by atoms with Gasteiger partial charge in [0.25, 0.3) is 5.91 Å². The monoisotopic (exact) mass is 499 g/mol. The highest BCUT2D eigenvalue weighted by Gasteiger charge is 2.25. The van der Waals surface area contributed by atoms with Gasteiger partial charge in [-0.25, -0.2) is 4.98 Å². The molecular weight excluding hydrogens is 462 g/mol. The number of thiazole rings is 1. The third-order valence-electron chi connectivity index (χ3n) is 7.03. The maximum absolute atomic E-state index is 13.0. The van der Waals surface area contributed by atoms with Crippen molar-refractivity contribution in [1.29, 1.82) is 0 Å². The lowest BCUT2D eigenvalue weighted by atomic mass is 9.98. The van der Waals surface area contributed by atoms with E-state index in [4.69, 9.17) is 17.2 Å². The third-order valence-corrected chi connectivity index (χ3v) is 8.44. The van der Waals surface area contributed by atoms with Gasteiger partial charge in [-0.3, -0.25) is 4.79 Å². The number of anilines is 2. The molecule has 0 saturated carbocycles. The van der Waals surface area contributed by atoms with E-state index in [0.717, 1.165) is 73.5 Å². The Balaban J connectivity index is 1.32. The maximum atomic E-state index is 13.0. The van der Waals surface area contributed by atoms with Crippen LogP contribution < -0.4 is 15.5 Å². The van der Waals surface area contributed by atoms with Gasteiger partial charge in [0, 0.05) is 44.0 Å². The molecule has 4 rings (SSSR count). The fourth-order valence-corrected chi connectivity index (χ4v) is 5.84. The summed E-state index contributed by atoms with van der Waals surface area (Å²) in [5, 5.41) is 10.4. The molecular formula is C26H37N5OS2. The predicted molar refractivity (Wildman–Crippen MR) is 146 cm³/mol. The van der Waals surface area contributed by atoms with Crippen molar-refractivity contribution in [1.82, 2.24) is 15.2 Å². The maximum Gasteiger partial charge on any atom is 0.275 e. The zero-order valence-corrected chi connectivity index (χ0v) is 22.0. The van der Waals surface area contributed by atoms with Crippen molar-refractivity contribution in [2.45, 2.75) is 58.3 Å². The second kappa shape index (κ2) is 12.0. The number of carbonyl (C=O) groups is 1. The van der Waals surface area contributed by atoms with E-state index in [2.05, 4.69) is 40.3 Å². The quantitative estimate of drug-likeness (QED) is 0.492. The van der Waals surface area contributed by atoms with E-state index in [1.165, 1.54) is 19.3 Å². The SMILES string of the molecule is CCC(C)CNC(=S)N1CCC(c2nc(C(=O)Nc3ccccc3N3CCCCC3)cs2)CC1. The number of para-hydroxylation sites is 2. The van der Waals surface area contributed by atoms with Crippen LogP contribution in [0.2, 0.25) is 0 Å². The van der Waals surface area contributed by atoms with Gasteiger partial charge < -0.3 is 20.4 Å². The Labute approximate surface area is 213 Å². The largest absolute Gasteiger partial charge is 0.370 e. The fourth-order valence-electron chi connectivity index (χ4n) is 4.60. The molecule has 3 heterocycles. The Morgan fingerprint density at radius 3 is 2.65 bits per heavy atom. The molecule has 0 radical (unpaired) electrons. The Kier molecular flexibility index (Phi) is 8.78. The van der Waals surface area contributed by atoms with Crippen LogP contribution in [0, 0.1) is 5.92 Å². The van der Waals surface area contributed by atoms with Crippen molar-refractivity contribution in [3.63, 3.8) is 0 Å². The summed E-state index contributed by atoms with van der Waals surface area (Å²) in [5.74, 6) is 0.891. The number of hydrogen-bond donors (Lipinski definition) is 2. The summed E-state index contributed by atoms with van der Waals surface area (Å²) in [6.07, 6.45) is 6.87. The molecule has 2 aliphatic rings. The van der Waals surface area contributed by atoms with E-state index in [1.807, 2.05) is 23.6 Å². The van der Waals surface area contributed by atoms with Crippen LogP contribution in [0.25, 0.3) is 0 Å². The van der Waals surface area contributed by atoms with Gasteiger partial charge in [0.2, 0.25) is 0 Å². The number of hydrogen-bond acceptors (Lipinski definition) is 5. The van der Waals surface area contributed by atoms with Crippen molar-refractivity contribution in [2.24, 2.45) is 5.92 Å². The first kappa shape index (κ1) is 24.9. The molecule has 0 spiro atoms. The van der Waals surface area contributed by atoms with Crippen LogP contribution in [0.3, 0.4) is 0 Å². The van der Waals surface area contributed by atoms with Crippen molar-refractivity contribution in [3.8, 4) is 0 Å². The number of nitrogens with zero attached hydrogens (tertiary/aromatic N) is 3. The van der Waals surface area contributed by atoms with E-state index in [9.17, 15) is 4.79 Å². The lowest BCUT2D eigenvalue weighted by Crippen LogP contribution is -2.45. The number of rotatable bonds is 7. The Morgan fingerprint density at radius 1 is 1.18 bits per heavy atom. The number of likely N-dealkylation sites (tertiary alicyclic amines) is 1. The van der Waals surface area contributed by atoms with Crippen LogP contribution in [0.5, 0.6) is 0 Å². The van der Waals surface area contributed by atoms with Crippen molar-refractivity contribution >= 4 is 45.9 Å². The average Bonchev–Trinajstić information content (AvgIpc) is 3.38. The highest BCUT2D eigenvalue weighted by molar-refractivity contribution is 7.80. The van der Waals surface area contributed by atoms with Gasteiger partial charge >= 0.3 is 0 Å². The molecule has 8 heteroatoms. The Hall–Kier alpha value is -2.19. The van der Waals surface area contributed by atoms with E-state index < -0.39 is 0 Å². The molecule has 2 N–H and O–H groups in total. The summed E-state index contributed by atoms with van der Waals surface area (Å²) in [4.78, 5) is 22.4. The fraction of sp³-hybridized carbons (Fsp3) is 0.577. The molecule has 1 atom stereocenters. The van der Waals surface area contributed by atoms with Crippen LogP contribution in [0.1, 0.15) is 73.8 Å². The molecule has 0 bridgehead atoms. The highest BCUT2D eigenvalue weighted by atomic mass is 32.1. The lowest BCUT2D eigenvalue weighted by Gasteiger charge is -2.33. The average molecular weight is 500 g/mol. The van der Waals surface area contributed by atoms with Crippen LogP contribution >= 0.6 is 23.6 Å². The van der Waals surface area contributed by atoms with Crippen molar-refractivity contribution < 1.29 is 4.79 Å². The van der Waals surface area contributed by atoms with Crippen molar-refractivity contribution in [2.75, 3.05) is 42.9 Å². The molecule has 0 aliphatic carbocycles. The minimum Gasteiger partial charge on any atom is -0.370 e. The molecule has 2 fully saturated rings. The smallest absolute Gasteiger partial charge is 0.275 e. The van der Waals surface area contributed by atoms with E-state index >= 15 is 0 Å². The predicted octanol–water partition coefficient (Wildman–Crippen LogP) is 5.49. The van der Waals surface area contributed by atoms with Gasteiger partial charge in [-0.2, -0.15) is 0 Å². The lowest BCUT2D eigenvalue weighted by molar-refractivity contribution is 0.102. The van der Waals surface area contributed by atoms with Gasteiger partial charge in [0.1, 0.15) is 5.69 Å². The summed E-state index contributed by atoms with van der Waals surface area (Å²) in [7, 11) is 0. The number of aromatic nitrogens is 1. The van der Waals surface area contributed by atoms with Gasteiger partial charge in [-0.05, 0) is 62.4 Å². The standard InChI is InChI=1S/C26H37N5OS2/c1-3-19(2)17-27-26(33)31-15-11-20(12-16-31)25-29-22(18-34-25)24(32)28-21-9-5-6-10-23(21)30-13-7-4-8-14-30/h5-6,9-10,18-20H,3-4,7-8,11-17H2,1-2H3,(H,27,33)(H,28,32). The molecule has 2 aliphatic heterocycles. The minimum atomic E-state index is -0.125. The number of benzene rings is 1. The second-order valence-electron chi connectivity index (χ2n) is 9.55. The van der Waals surface area contributed by atoms with E-state index in [1.54, 1.807) is 11.3 Å². The molecule has 1 aromatic carbocycles. The topological polar surface area (TPSA) is 60.5 Å². The van der Waals surface area contributed by atoms with Crippen LogP contribution in [-0.2, 0) is 0 Å². The number of amides is 1. The van der Waals surface area contributed by atoms with Crippen LogP contribution in [-0.4, -0.2) is 53.6 Å². The normalized spacial score (nSPS) is 17.9. The van der Waals surface area contributed by atoms with Crippen LogP contribution in [0.4, 0.5) is 11.4 Å². The summed E-state index contributed by atoms with van der Waals surface area (Å²) in [6.45, 7) is 9.33. The number of carbonyl (C=O) groups excluding carboxylic acids is 1. The van der Waals surface area contributed by atoms with Gasteiger partial charge in [-0.1, -0.05) is 32.4 Å². The summed E-state index contributed by atoms with van der Waals surface area (Å²) in [5.41, 5.74) is 2.49. The molecule has 1 unspecified atom stereocenters. The molecule has 6 nitrogen and oxygen atoms in total. The van der Waals surface area contributed by atoms with Gasteiger partial charge in [0.15, 0.2) is 5.11 Å². The molecule has 1 aromatic heterocycles. The van der Waals surface area contributed by atoms with E-state index in [-0.39, 0.29) is 5.91 Å². The summed E-state index contributed by atoms with van der Waals surface area (Å²) >= 11 is 7.20. The first-order chi connectivity index (χ1) is 16.5. The number of piperidine rings is 2. The van der Waals surface area contributed by atoms with Crippen molar-refractivity contribution in [3.05, 3.63) is 40.3 Å². The molecule has 2 aromatic rings. The highest BCUT2D eigenvalue weighted by Crippen LogP contribution is 2.32. The first-order valence-corrected chi connectivity index (χ1v) is 14.0. The number of thiocarbonyl (C=S) groups is 1. The van der Waals surface area contributed by atoms with Gasteiger partial charge in [-0.15, -0.1) is 11.3 Å². The zero-order valence-electron chi connectivity index (χ0n) is 20.4. The molecule has 34 heavy (non-hydrogen) atoms. The summed E-state index contributed by atoms with van der Waals surface area (Å²) in [6, 6.07) is 8.11. The third kappa shape index (κ3) is 6.27. The molecule has 2 saturated heterocycles. The Bertz CT molecular complexity index is 964. The van der Waals surface area contributed by atoms with Gasteiger partial charge in [0.05, 0.1) is 16.4 Å². The van der Waals surface area contributed by atoms with E-state index in [0.29, 0.717) is 17.5 Å².